The second-order valence-corrected chi connectivity index (χ2v) is 7.99. The van der Waals surface area contributed by atoms with E-state index >= 15 is 0 Å². The summed E-state index contributed by atoms with van der Waals surface area (Å²) < 4.78 is 89.0. The van der Waals surface area contributed by atoms with Gasteiger partial charge < -0.3 is 4.74 Å². The summed E-state index contributed by atoms with van der Waals surface area (Å²) in [7, 11) is -3.06. The zero-order valence-electron chi connectivity index (χ0n) is 16.1. The number of nitrogens with zero attached hydrogens (tertiary/aromatic N) is 2. The maximum atomic E-state index is 14.3. The normalized spacial score (nSPS) is 11.9. The van der Waals surface area contributed by atoms with Crippen molar-refractivity contribution in [1.82, 2.24) is 9.78 Å². The Balaban J connectivity index is 2.26. The molecule has 6 nitrogen and oxygen atoms in total. The summed E-state index contributed by atoms with van der Waals surface area (Å²) >= 11 is 0. The molecule has 0 bridgehead atoms. The lowest BCUT2D eigenvalue weighted by atomic mass is 10.0. The summed E-state index contributed by atoms with van der Waals surface area (Å²) in [6, 6.07) is 10.2. The van der Waals surface area contributed by atoms with E-state index in [9.17, 15) is 26.0 Å². The predicted octanol–water partition coefficient (Wildman–Crippen LogP) is 4.70. The van der Waals surface area contributed by atoms with Crippen molar-refractivity contribution in [3.05, 3.63) is 72.7 Å². The number of alkyl halides is 3. The minimum atomic E-state index is -4.92. The molecular formula is C20H17F4N3O3S. The highest BCUT2D eigenvalue weighted by Gasteiger charge is 2.41. The van der Waals surface area contributed by atoms with Crippen molar-refractivity contribution in [2.45, 2.75) is 17.6 Å². The van der Waals surface area contributed by atoms with Crippen LogP contribution >= 0.6 is 0 Å². The van der Waals surface area contributed by atoms with E-state index < -0.39 is 39.1 Å². The quantitative estimate of drug-likeness (QED) is 0.414. The molecule has 31 heavy (non-hydrogen) atoms. The van der Waals surface area contributed by atoms with Crippen LogP contribution in [0.15, 0.2) is 66.1 Å². The average molecular weight is 455 g/mol. The van der Waals surface area contributed by atoms with Gasteiger partial charge in [0.05, 0.1) is 24.1 Å². The van der Waals surface area contributed by atoms with Crippen LogP contribution in [-0.4, -0.2) is 25.3 Å². The Hall–Kier alpha value is -3.34. The first-order valence-electron chi connectivity index (χ1n) is 8.79. The van der Waals surface area contributed by atoms with E-state index in [-0.39, 0.29) is 22.8 Å². The van der Waals surface area contributed by atoms with Crippen LogP contribution in [-0.2, 0) is 22.7 Å². The topological polar surface area (TPSA) is 73.2 Å². The number of ether oxygens (including phenoxy) is 1. The molecule has 1 heterocycles. The molecule has 0 amide bonds. The second-order valence-electron chi connectivity index (χ2n) is 6.31. The molecule has 2 aromatic carbocycles. The van der Waals surface area contributed by atoms with Gasteiger partial charge in [-0.1, -0.05) is 30.3 Å². The van der Waals surface area contributed by atoms with Gasteiger partial charge in [0.25, 0.3) is 10.0 Å². The zero-order chi connectivity index (χ0) is 22.8. The summed E-state index contributed by atoms with van der Waals surface area (Å²) in [5.41, 5.74) is -2.09. The Labute approximate surface area is 175 Å². The summed E-state index contributed by atoms with van der Waals surface area (Å²) in [6.45, 7) is 3.05. The molecule has 0 atom stereocenters. The number of benzene rings is 2. The molecule has 0 spiro atoms. The van der Waals surface area contributed by atoms with Gasteiger partial charge in [-0.2, -0.15) is 18.3 Å². The van der Waals surface area contributed by atoms with Crippen LogP contribution in [0.2, 0.25) is 0 Å². The largest absolute Gasteiger partial charge is 0.494 e. The highest BCUT2D eigenvalue weighted by atomic mass is 32.2. The first-order chi connectivity index (χ1) is 14.6. The number of hydrogen-bond acceptors (Lipinski definition) is 4. The molecule has 1 aromatic heterocycles. The first-order valence-corrected chi connectivity index (χ1v) is 10.3. The van der Waals surface area contributed by atoms with Gasteiger partial charge in [-0.05, 0) is 29.8 Å². The van der Waals surface area contributed by atoms with Crippen molar-refractivity contribution in [3.8, 4) is 16.9 Å². The minimum Gasteiger partial charge on any atom is -0.494 e. The van der Waals surface area contributed by atoms with E-state index in [0.29, 0.717) is 4.68 Å². The summed E-state index contributed by atoms with van der Waals surface area (Å²) in [5.74, 6) is -1.69. The average Bonchev–Trinajstić information content (AvgIpc) is 3.06. The van der Waals surface area contributed by atoms with Gasteiger partial charge in [0.1, 0.15) is 0 Å². The van der Waals surface area contributed by atoms with Gasteiger partial charge in [-0.3, -0.25) is 9.40 Å². The van der Waals surface area contributed by atoms with Crippen molar-refractivity contribution in [2.75, 3.05) is 11.8 Å². The molecule has 0 radical (unpaired) electrons. The van der Waals surface area contributed by atoms with Crippen molar-refractivity contribution < 1.29 is 30.7 Å². The monoisotopic (exact) mass is 455 g/mol. The molecule has 0 unspecified atom stereocenters. The number of methoxy groups -OCH3 is 1. The van der Waals surface area contributed by atoms with Crippen LogP contribution in [0.25, 0.3) is 11.1 Å². The first kappa shape index (κ1) is 22.3. The van der Waals surface area contributed by atoms with Crippen LogP contribution in [0.3, 0.4) is 0 Å². The minimum absolute atomic E-state index is 0.173. The third-order valence-electron chi connectivity index (χ3n) is 4.25. The fourth-order valence-electron chi connectivity index (χ4n) is 2.96. The lowest BCUT2D eigenvalue weighted by molar-refractivity contribution is -0.143. The molecule has 0 aliphatic heterocycles. The summed E-state index contributed by atoms with van der Waals surface area (Å²) in [4.78, 5) is -0.173. The number of aromatic nitrogens is 2. The number of allylic oxidation sites excluding steroid dienone is 1. The fraction of sp³-hybridized carbons (Fsp3) is 0.150. The lowest BCUT2D eigenvalue weighted by Crippen LogP contribution is -2.15. The molecule has 0 aliphatic carbocycles. The van der Waals surface area contributed by atoms with E-state index in [1.54, 1.807) is 6.07 Å². The number of anilines is 1. The third kappa shape index (κ3) is 4.55. The lowest BCUT2D eigenvalue weighted by Gasteiger charge is -2.13. The fourth-order valence-corrected chi connectivity index (χ4v) is 3.99. The second kappa shape index (κ2) is 8.42. The standard InChI is InChI=1S/C20H17F4N3O3S/c1-3-11-27-18(20(22,23)24)17(13-9-10-16(30-2)15(21)12-13)19(25-27)26-31(28,29)14-7-5-4-6-8-14/h3-10,12H,1,11H2,2H3,(H,25,26). The van der Waals surface area contributed by atoms with Crippen LogP contribution in [0, 0.1) is 5.82 Å². The van der Waals surface area contributed by atoms with Crippen LogP contribution in [0.1, 0.15) is 5.69 Å². The molecule has 3 rings (SSSR count). The molecule has 1 N–H and O–H groups in total. The predicted molar refractivity (Wildman–Crippen MR) is 107 cm³/mol. The summed E-state index contributed by atoms with van der Waals surface area (Å²) in [5, 5.41) is 3.81. The SMILES string of the molecule is C=CCn1nc(NS(=O)(=O)c2ccccc2)c(-c2ccc(OC)c(F)c2)c1C(F)(F)F. The Morgan fingerprint density at radius 2 is 1.87 bits per heavy atom. The van der Waals surface area contributed by atoms with E-state index in [1.807, 2.05) is 0 Å². The van der Waals surface area contributed by atoms with E-state index in [4.69, 9.17) is 4.74 Å². The summed E-state index contributed by atoms with van der Waals surface area (Å²) in [6.07, 6.45) is -3.74. The molecule has 3 aromatic rings. The van der Waals surface area contributed by atoms with Gasteiger partial charge in [-0.25, -0.2) is 12.8 Å². The van der Waals surface area contributed by atoms with E-state index in [2.05, 4.69) is 16.4 Å². The number of rotatable bonds is 7. The number of nitrogens with one attached hydrogen (secondary N) is 1. The Bertz CT molecular complexity index is 1210. The van der Waals surface area contributed by atoms with Gasteiger partial charge in [-0.15, -0.1) is 6.58 Å². The molecule has 0 saturated carbocycles. The van der Waals surface area contributed by atoms with Crippen LogP contribution < -0.4 is 9.46 Å². The van der Waals surface area contributed by atoms with Crippen molar-refractivity contribution in [2.24, 2.45) is 0 Å². The van der Waals surface area contributed by atoms with E-state index in [0.717, 1.165) is 12.1 Å². The van der Waals surface area contributed by atoms with Gasteiger partial charge in [0, 0.05) is 0 Å². The Kier molecular flexibility index (Phi) is 6.07. The van der Waals surface area contributed by atoms with E-state index in [1.165, 1.54) is 43.5 Å². The smallest absolute Gasteiger partial charge is 0.433 e. The Morgan fingerprint density at radius 3 is 2.42 bits per heavy atom. The molecular weight excluding hydrogens is 438 g/mol. The van der Waals surface area contributed by atoms with Gasteiger partial charge in [0.2, 0.25) is 0 Å². The zero-order valence-corrected chi connectivity index (χ0v) is 17.0. The van der Waals surface area contributed by atoms with Crippen molar-refractivity contribution >= 4 is 15.8 Å². The highest BCUT2D eigenvalue weighted by Crippen LogP contribution is 2.42. The molecule has 164 valence electrons. The highest BCUT2D eigenvalue weighted by molar-refractivity contribution is 7.92. The maximum absolute atomic E-state index is 14.3. The number of halogens is 4. The Morgan fingerprint density at radius 1 is 1.19 bits per heavy atom. The molecule has 0 saturated heterocycles. The van der Waals surface area contributed by atoms with Gasteiger partial charge >= 0.3 is 6.18 Å². The van der Waals surface area contributed by atoms with Crippen molar-refractivity contribution in [3.63, 3.8) is 0 Å². The maximum Gasteiger partial charge on any atom is 0.433 e. The number of hydrogen-bond donors (Lipinski definition) is 1. The van der Waals surface area contributed by atoms with Crippen molar-refractivity contribution in [1.29, 1.82) is 0 Å². The molecule has 0 aliphatic rings. The number of sulfonamides is 1. The molecule has 11 heteroatoms. The molecule has 0 fully saturated rings. The van der Waals surface area contributed by atoms with Gasteiger partial charge in [0.15, 0.2) is 23.1 Å². The third-order valence-corrected chi connectivity index (χ3v) is 5.60. The van der Waals surface area contributed by atoms with Crippen LogP contribution in [0.4, 0.5) is 23.4 Å². The van der Waals surface area contributed by atoms with Crippen LogP contribution in [0.5, 0.6) is 5.75 Å².